The van der Waals surface area contributed by atoms with Gasteiger partial charge in [-0.1, -0.05) is 0 Å². The minimum atomic E-state index is -4.13. The lowest BCUT2D eigenvalue weighted by molar-refractivity contribution is 0.458. The Morgan fingerprint density at radius 1 is 1.35 bits per heavy atom. The van der Waals surface area contributed by atoms with Crippen LogP contribution in [0.15, 0.2) is 23.1 Å². The monoisotopic (exact) mass is 264 g/mol. The van der Waals surface area contributed by atoms with Gasteiger partial charge in [-0.15, -0.1) is 0 Å². The lowest BCUT2D eigenvalue weighted by Crippen LogP contribution is -2.48. The molecule has 0 aromatic heterocycles. The van der Waals surface area contributed by atoms with Crippen molar-refractivity contribution in [1.29, 1.82) is 0 Å². The Bertz CT molecular complexity index is 515. The van der Waals surface area contributed by atoms with Crippen LogP contribution in [0.25, 0.3) is 0 Å². The Morgan fingerprint density at radius 2 is 1.94 bits per heavy atom. The highest BCUT2D eigenvalue weighted by Gasteiger charge is 2.27. The molecule has 0 spiro atoms. The molecule has 7 heteroatoms. The molecule has 0 heterocycles. The smallest absolute Gasteiger partial charge is 0.244 e. The summed E-state index contributed by atoms with van der Waals surface area (Å²) in [6.45, 7) is 3.12. The van der Waals surface area contributed by atoms with E-state index in [0.29, 0.717) is 6.07 Å². The number of sulfonamides is 1. The zero-order chi connectivity index (χ0) is 13.3. The first-order valence-electron chi connectivity index (χ1n) is 4.87. The van der Waals surface area contributed by atoms with Crippen molar-refractivity contribution >= 4 is 10.0 Å². The predicted molar refractivity (Wildman–Crippen MR) is 59.8 cm³/mol. The van der Waals surface area contributed by atoms with E-state index in [2.05, 4.69) is 4.72 Å². The molecule has 0 aliphatic carbocycles. The maximum Gasteiger partial charge on any atom is 0.244 e. The Morgan fingerprint density at radius 3 is 2.47 bits per heavy atom. The minimum Gasteiger partial charge on any atom is -0.329 e. The number of nitrogens with one attached hydrogen (secondary N) is 1. The van der Waals surface area contributed by atoms with Crippen LogP contribution in [-0.2, 0) is 10.0 Å². The van der Waals surface area contributed by atoms with E-state index in [1.165, 1.54) is 0 Å². The Labute approximate surface area is 98.9 Å². The average Bonchev–Trinajstić information content (AvgIpc) is 2.20. The van der Waals surface area contributed by atoms with Gasteiger partial charge >= 0.3 is 0 Å². The highest BCUT2D eigenvalue weighted by molar-refractivity contribution is 7.89. The van der Waals surface area contributed by atoms with Crippen LogP contribution in [0.5, 0.6) is 0 Å². The highest BCUT2D eigenvalue weighted by atomic mass is 32.2. The van der Waals surface area contributed by atoms with Gasteiger partial charge in [0.05, 0.1) is 0 Å². The number of halogens is 2. The maximum atomic E-state index is 13.3. The van der Waals surface area contributed by atoms with Crippen molar-refractivity contribution in [3.8, 4) is 0 Å². The summed E-state index contributed by atoms with van der Waals surface area (Å²) < 4.78 is 52.1. The second-order valence-corrected chi connectivity index (χ2v) is 5.92. The van der Waals surface area contributed by atoms with Crippen LogP contribution in [0.4, 0.5) is 8.78 Å². The molecule has 0 bridgehead atoms. The SMILES string of the molecule is CC(C)(CN)NS(=O)(=O)c1cc(F)ccc1F. The third-order valence-electron chi connectivity index (χ3n) is 2.10. The Kier molecular flexibility index (Phi) is 3.85. The summed E-state index contributed by atoms with van der Waals surface area (Å²) in [5.74, 6) is -1.83. The van der Waals surface area contributed by atoms with Crippen molar-refractivity contribution in [3.05, 3.63) is 29.8 Å². The van der Waals surface area contributed by atoms with Gasteiger partial charge in [-0.25, -0.2) is 21.9 Å². The highest BCUT2D eigenvalue weighted by Crippen LogP contribution is 2.17. The molecule has 0 unspecified atom stereocenters. The number of hydrogen-bond acceptors (Lipinski definition) is 3. The molecule has 3 N–H and O–H groups in total. The van der Waals surface area contributed by atoms with Gasteiger partial charge in [0.1, 0.15) is 16.5 Å². The lowest BCUT2D eigenvalue weighted by atomic mass is 10.1. The van der Waals surface area contributed by atoms with E-state index < -0.39 is 32.1 Å². The zero-order valence-corrected chi connectivity index (χ0v) is 10.3. The summed E-state index contributed by atoms with van der Waals surface area (Å²) in [7, 11) is -4.13. The van der Waals surface area contributed by atoms with Gasteiger partial charge in [-0.3, -0.25) is 0 Å². The topological polar surface area (TPSA) is 72.2 Å². The molecule has 0 radical (unpaired) electrons. The molecule has 0 fully saturated rings. The van der Waals surface area contributed by atoms with E-state index in [9.17, 15) is 17.2 Å². The van der Waals surface area contributed by atoms with Crippen LogP contribution in [0.1, 0.15) is 13.8 Å². The van der Waals surface area contributed by atoms with E-state index in [-0.39, 0.29) is 6.54 Å². The zero-order valence-electron chi connectivity index (χ0n) is 9.50. The largest absolute Gasteiger partial charge is 0.329 e. The second-order valence-electron chi connectivity index (χ2n) is 4.27. The molecule has 0 amide bonds. The van der Waals surface area contributed by atoms with Crippen molar-refractivity contribution in [3.63, 3.8) is 0 Å². The summed E-state index contributed by atoms with van der Waals surface area (Å²) in [5, 5.41) is 0. The van der Waals surface area contributed by atoms with Crippen molar-refractivity contribution in [1.82, 2.24) is 4.72 Å². The van der Waals surface area contributed by atoms with Gasteiger partial charge in [0.15, 0.2) is 0 Å². The molecule has 4 nitrogen and oxygen atoms in total. The van der Waals surface area contributed by atoms with Crippen molar-refractivity contribution in [2.24, 2.45) is 5.73 Å². The van der Waals surface area contributed by atoms with Crippen LogP contribution in [0.3, 0.4) is 0 Å². The van der Waals surface area contributed by atoms with E-state index in [4.69, 9.17) is 5.73 Å². The third kappa shape index (κ3) is 3.45. The summed E-state index contributed by atoms with van der Waals surface area (Å²) in [6, 6.07) is 2.24. The first-order chi connectivity index (χ1) is 7.68. The minimum absolute atomic E-state index is 0.0309. The lowest BCUT2D eigenvalue weighted by Gasteiger charge is -2.23. The summed E-state index contributed by atoms with van der Waals surface area (Å²) in [4.78, 5) is -0.723. The molecular formula is C10H14F2N2O2S. The van der Waals surface area contributed by atoms with Crippen molar-refractivity contribution in [2.45, 2.75) is 24.3 Å². The molecule has 0 aliphatic heterocycles. The van der Waals surface area contributed by atoms with Crippen LogP contribution in [-0.4, -0.2) is 20.5 Å². The van der Waals surface area contributed by atoms with Gasteiger partial charge in [0.2, 0.25) is 10.0 Å². The molecule has 17 heavy (non-hydrogen) atoms. The molecule has 1 aromatic carbocycles. The second kappa shape index (κ2) is 4.67. The first-order valence-corrected chi connectivity index (χ1v) is 6.35. The van der Waals surface area contributed by atoms with Crippen LogP contribution >= 0.6 is 0 Å². The van der Waals surface area contributed by atoms with E-state index >= 15 is 0 Å². The molecular weight excluding hydrogens is 250 g/mol. The van der Waals surface area contributed by atoms with E-state index in [1.54, 1.807) is 13.8 Å². The molecule has 0 aliphatic rings. The van der Waals surface area contributed by atoms with Crippen molar-refractivity contribution < 1.29 is 17.2 Å². The molecule has 0 saturated heterocycles. The Balaban J connectivity index is 3.18. The van der Waals surface area contributed by atoms with Gasteiger partial charge in [-0.2, -0.15) is 0 Å². The quantitative estimate of drug-likeness (QED) is 0.851. The first kappa shape index (κ1) is 14.0. The fourth-order valence-corrected chi connectivity index (χ4v) is 2.66. The van der Waals surface area contributed by atoms with Crippen LogP contribution < -0.4 is 10.5 Å². The molecule has 1 aromatic rings. The molecule has 0 saturated carbocycles. The normalized spacial score (nSPS) is 12.8. The number of rotatable bonds is 4. The average molecular weight is 264 g/mol. The van der Waals surface area contributed by atoms with Gasteiger partial charge in [0, 0.05) is 12.1 Å². The van der Waals surface area contributed by atoms with Gasteiger partial charge < -0.3 is 5.73 Å². The predicted octanol–water partition coefficient (Wildman–Crippen LogP) is 0.980. The summed E-state index contributed by atoms with van der Waals surface area (Å²) in [5.41, 5.74) is 4.43. The van der Waals surface area contributed by atoms with E-state index in [0.717, 1.165) is 12.1 Å². The van der Waals surface area contributed by atoms with Crippen molar-refractivity contribution in [2.75, 3.05) is 6.54 Å². The van der Waals surface area contributed by atoms with E-state index in [1.807, 2.05) is 0 Å². The molecule has 1 rings (SSSR count). The molecule has 0 atom stereocenters. The summed E-state index contributed by atoms with van der Waals surface area (Å²) in [6.07, 6.45) is 0. The summed E-state index contributed by atoms with van der Waals surface area (Å²) >= 11 is 0. The fourth-order valence-electron chi connectivity index (χ4n) is 1.14. The number of nitrogens with two attached hydrogens (primary N) is 1. The standard InChI is InChI=1S/C10H14F2N2O2S/c1-10(2,6-13)14-17(15,16)9-5-7(11)3-4-8(9)12/h3-5,14H,6,13H2,1-2H3. The number of hydrogen-bond donors (Lipinski definition) is 2. The third-order valence-corrected chi connectivity index (χ3v) is 3.82. The fraction of sp³-hybridized carbons (Fsp3) is 0.400. The Hall–Kier alpha value is -1.05. The van der Waals surface area contributed by atoms with Crippen LogP contribution in [0, 0.1) is 11.6 Å². The van der Waals surface area contributed by atoms with Gasteiger partial charge in [-0.05, 0) is 32.0 Å². The van der Waals surface area contributed by atoms with Gasteiger partial charge in [0.25, 0.3) is 0 Å². The molecule has 96 valence electrons. The number of benzene rings is 1. The van der Waals surface area contributed by atoms with Crippen LogP contribution in [0.2, 0.25) is 0 Å². The maximum absolute atomic E-state index is 13.3.